The van der Waals surface area contributed by atoms with E-state index in [1.54, 1.807) is 6.20 Å². The van der Waals surface area contributed by atoms with E-state index in [0.717, 1.165) is 29.5 Å². The van der Waals surface area contributed by atoms with Crippen molar-refractivity contribution in [3.05, 3.63) is 35.8 Å². The number of hydrogen-bond donors (Lipinski definition) is 1. The highest BCUT2D eigenvalue weighted by atomic mass is 16.1. The summed E-state index contributed by atoms with van der Waals surface area (Å²) in [6.45, 7) is 4.73. The quantitative estimate of drug-likeness (QED) is 0.889. The fourth-order valence-electron chi connectivity index (χ4n) is 2.03. The summed E-state index contributed by atoms with van der Waals surface area (Å²) in [6.07, 6.45) is 2.85. The average Bonchev–Trinajstić information content (AvgIpc) is 2.68. The molecule has 2 aromatic rings. The van der Waals surface area contributed by atoms with Crippen LogP contribution < -0.4 is 5.73 Å². The monoisotopic (exact) mass is 258 g/mol. The van der Waals surface area contributed by atoms with Gasteiger partial charge < -0.3 is 10.3 Å². The first-order valence-corrected chi connectivity index (χ1v) is 6.33. The number of primary amides is 1. The SMILES string of the molecule is Cc1nc(-c2ccccn2)n(CCCC(N)=O)c1C. The molecule has 1 amide bonds. The number of nitrogens with zero attached hydrogens (tertiary/aromatic N) is 3. The number of amides is 1. The van der Waals surface area contributed by atoms with Crippen LogP contribution in [0.3, 0.4) is 0 Å². The van der Waals surface area contributed by atoms with Crippen molar-refractivity contribution >= 4 is 5.91 Å². The van der Waals surface area contributed by atoms with Crippen molar-refractivity contribution in [3.8, 4) is 11.5 Å². The lowest BCUT2D eigenvalue weighted by Crippen LogP contribution is -2.12. The first-order valence-electron chi connectivity index (χ1n) is 6.33. The molecule has 2 aromatic heterocycles. The predicted octanol–water partition coefficient (Wildman–Crippen LogP) is 1.83. The first kappa shape index (κ1) is 13.3. The maximum atomic E-state index is 10.8. The molecule has 0 aliphatic carbocycles. The van der Waals surface area contributed by atoms with E-state index < -0.39 is 0 Å². The van der Waals surface area contributed by atoms with Crippen molar-refractivity contribution in [2.24, 2.45) is 5.73 Å². The van der Waals surface area contributed by atoms with Crippen molar-refractivity contribution in [1.82, 2.24) is 14.5 Å². The number of aromatic nitrogens is 3. The summed E-state index contributed by atoms with van der Waals surface area (Å²) in [5.74, 6) is 0.578. The topological polar surface area (TPSA) is 73.8 Å². The minimum atomic E-state index is -0.270. The number of carbonyl (C=O) groups excluding carboxylic acids is 1. The molecule has 0 fully saturated rings. The molecule has 2 heterocycles. The molecule has 5 heteroatoms. The summed E-state index contributed by atoms with van der Waals surface area (Å²) in [6, 6.07) is 5.75. The lowest BCUT2D eigenvalue weighted by atomic mass is 10.2. The van der Waals surface area contributed by atoms with E-state index >= 15 is 0 Å². The fraction of sp³-hybridized carbons (Fsp3) is 0.357. The van der Waals surface area contributed by atoms with Gasteiger partial charge in [0, 0.05) is 24.9 Å². The van der Waals surface area contributed by atoms with Crippen molar-refractivity contribution in [1.29, 1.82) is 0 Å². The number of aryl methyl sites for hydroxylation is 1. The lowest BCUT2D eigenvalue weighted by Gasteiger charge is -2.09. The maximum absolute atomic E-state index is 10.8. The molecule has 0 saturated carbocycles. The summed E-state index contributed by atoms with van der Waals surface area (Å²) < 4.78 is 2.10. The average molecular weight is 258 g/mol. The van der Waals surface area contributed by atoms with Crippen molar-refractivity contribution in [2.75, 3.05) is 0 Å². The second kappa shape index (κ2) is 5.65. The smallest absolute Gasteiger partial charge is 0.217 e. The second-order valence-corrected chi connectivity index (χ2v) is 4.54. The van der Waals surface area contributed by atoms with Crippen LogP contribution in [0.4, 0.5) is 0 Å². The third kappa shape index (κ3) is 2.99. The number of imidazole rings is 1. The van der Waals surface area contributed by atoms with Crippen molar-refractivity contribution in [2.45, 2.75) is 33.2 Å². The Bertz CT molecular complexity index is 575. The number of pyridine rings is 1. The highest BCUT2D eigenvalue weighted by molar-refractivity contribution is 5.73. The fourth-order valence-corrected chi connectivity index (χ4v) is 2.03. The maximum Gasteiger partial charge on any atom is 0.217 e. The molecule has 0 radical (unpaired) electrons. The Kier molecular flexibility index (Phi) is 3.94. The molecule has 0 atom stereocenters. The molecular formula is C14H18N4O. The first-order chi connectivity index (χ1) is 9.09. The van der Waals surface area contributed by atoms with Crippen LogP contribution >= 0.6 is 0 Å². The molecule has 100 valence electrons. The minimum Gasteiger partial charge on any atom is -0.370 e. The zero-order valence-corrected chi connectivity index (χ0v) is 11.3. The predicted molar refractivity (Wildman–Crippen MR) is 73.4 cm³/mol. The molecule has 0 aliphatic rings. The summed E-state index contributed by atoms with van der Waals surface area (Å²) in [5, 5.41) is 0. The van der Waals surface area contributed by atoms with E-state index in [2.05, 4.69) is 14.5 Å². The Hall–Kier alpha value is -2.17. The van der Waals surface area contributed by atoms with Crippen LogP contribution in [0.1, 0.15) is 24.2 Å². The van der Waals surface area contributed by atoms with E-state index in [0.29, 0.717) is 12.8 Å². The Balaban J connectivity index is 2.29. The van der Waals surface area contributed by atoms with E-state index in [1.807, 2.05) is 32.0 Å². The molecule has 0 bridgehead atoms. The summed E-state index contributed by atoms with van der Waals surface area (Å²) in [7, 11) is 0. The third-order valence-electron chi connectivity index (χ3n) is 3.16. The van der Waals surface area contributed by atoms with Crippen molar-refractivity contribution < 1.29 is 4.79 Å². The van der Waals surface area contributed by atoms with E-state index in [4.69, 9.17) is 5.73 Å². The van der Waals surface area contributed by atoms with Crippen LogP contribution in [-0.4, -0.2) is 20.4 Å². The standard InChI is InChI=1S/C14H18N4O/c1-10-11(2)18(9-5-7-13(15)19)14(17-10)12-6-3-4-8-16-12/h3-4,6,8H,5,7,9H2,1-2H3,(H2,15,19). The van der Waals surface area contributed by atoms with Gasteiger partial charge >= 0.3 is 0 Å². The molecule has 5 nitrogen and oxygen atoms in total. The highest BCUT2D eigenvalue weighted by Crippen LogP contribution is 2.20. The van der Waals surface area contributed by atoms with Crippen molar-refractivity contribution in [3.63, 3.8) is 0 Å². The van der Waals surface area contributed by atoms with Gasteiger partial charge in [0.25, 0.3) is 0 Å². The Morgan fingerprint density at radius 3 is 2.79 bits per heavy atom. The van der Waals surface area contributed by atoms with Gasteiger partial charge in [-0.15, -0.1) is 0 Å². The van der Waals surface area contributed by atoms with E-state index in [9.17, 15) is 4.79 Å². The molecule has 0 unspecified atom stereocenters. The Morgan fingerprint density at radius 1 is 1.37 bits per heavy atom. The molecule has 2 N–H and O–H groups in total. The molecule has 0 aliphatic heterocycles. The van der Waals surface area contributed by atoms with Crippen LogP contribution in [0, 0.1) is 13.8 Å². The van der Waals surface area contributed by atoms with Gasteiger partial charge in [0.05, 0.1) is 5.69 Å². The largest absolute Gasteiger partial charge is 0.370 e. The third-order valence-corrected chi connectivity index (χ3v) is 3.16. The van der Waals surface area contributed by atoms with E-state index in [1.165, 1.54) is 0 Å². The Morgan fingerprint density at radius 2 is 2.16 bits per heavy atom. The Labute approximate surface area is 112 Å². The molecular weight excluding hydrogens is 240 g/mol. The minimum absolute atomic E-state index is 0.270. The molecule has 2 rings (SSSR count). The van der Waals surface area contributed by atoms with Crippen LogP contribution in [0.2, 0.25) is 0 Å². The summed E-state index contributed by atoms with van der Waals surface area (Å²) in [4.78, 5) is 19.7. The number of nitrogens with two attached hydrogens (primary N) is 1. The molecule has 0 saturated heterocycles. The van der Waals surface area contributed by atoms with Crippen LogP contribution in [0.25, 0.3) is 11.5 Å². The number of hydrogen-bond acceptors (Lipinski definition) is 3. The molecule has 0 spiro atoms. The van der Waals surface area contributed by atoms with Gasteiger partial charge in [0.15, 0.2) is 5.82 Å². The van der Waals surface area contributed by atoms with Gasteiger partial charge in [-0.05, 0) is 32.4 Å². The highest BCUT2D eigenvalue weighted by Gasteiger charge is 2.13. The van der Waals surface area contributed by atoms with Gasteiger partial charge in [-0.2, -0.15) is 0 Å². The second-order valence-electron chi connectivity index (χ2n) is 4.54. The molecule has 0 aromatic carbocycles. The normalized spacial score (nSPS) is 10.6. The number of rotatable bonds is 5. The van der Waals surface area contributed by atoms with E-state index in [-0.39, 0.29) is 5.91 Å². The zero-order chi connectivity index (χ0) is 13.8. The summed E-state index contributed by atoms with van der Waals surface area (Å²) >= 11 is 0. The zero-order valence-electron chi connectivity index (χ0n) is 11.3. The van der Waals surface area contributed by atoms with Gasteiger partial charge in [-0.3, -0.25) is 9.78 Å². The van der Waals surface area contributed by atoms with Gasteiger partial charge in [0.1, 0.15) is 5.69 Å². The summed E-state index contributed by atoms with van der Waals surface area (Å²) in [5.41, 5.74) is 8.11. The molecule has 19 heavy (non-hydrogen) atoms. The van der Waals surface area contributed by atoms with Gasteiger partial charge in [0.2, 0.25) is 5.91 Å². The van der Waals surface area contributed by atoms with Crippen LogP contribution in [-0.2, 0) is 11.3 Å². The van der Waals surface area contributed by atoms with Crippen LogP contribution in [0.15, 0.2) is 24.4 Å². The lowest BCUT2D eigenvalue weighted by molar-refractivity contribution is -0.118. The van der Waals surface area contributed by atoms with Gasteiger partial charge in [-0.25, -0.2) is 4.98 Å². The van der Waals surface area contributed by atoms with Gasteiger partial charge in [-0.1, -0.05) is 6.07 Å². The van der Waals surface area contributed by atoms with Crippen LogP contribution in [0.5, 0.6) is 0 Å². The number of carbonyl (C=O) groups is 1.